The minimum atomic E-state index is 0.00372. The first-order chi connectivity index (χ1) is 28.7. The van der Waals surface area contributed by atoms with Crippen molar-refractivity contribution < 1.29 is 0 Å². The minimum Gasteiger partial charge on any atom is -0.212 e. The summed E-state index contributed by atoms with van der Waals surface area (Å²) in [6.45, 7) is 0. The molecule has 2 aromatic heterocycles. The van der Waals surface area contributed by atoms with Gasteiger partial charge in [-0.2, -0.15) is 0 Å². The lowest BCUT2D eigenvalue weighted by atomic mass is 9.92. The van der Waals surface area contributed by atoms with E-state index in [1.165, 1.54) is 11.1 Å². The lowest BCUT2D eigenvalue weighted by Crippen LogP contribution is -2.08. The number of benzene rings is 7. The third-order valence-corrected chi connectivity index (χ3v) is 10.5. The van der Waals surface area contributed by atoms with Crippen molar-refractivity contribution in [3.8, 4) is 68.1 Å². The van der Waals surface area contributed by atoms with Crippen molar-refractivity contribution in [2.24, 2.45) is 0 Å². The zero-order valence-corrected chi connectivity index (χ0v) is 31.5. The summed E-state index contributed by atoms with van der Waals surface area (Å²) in [7, 11) is 0. The molecule has 1 aliphatic rings. The van der Waals surface area contributed by atoms with Crippen LogP contribution in [0.3, 0.4) is 0 Å². The van der Waals surface area contributed by atoms with Gasteiger partial charge in [0.05, 0.1) is 0 Å². The van der Waals surface area contributed by atoms with Crippen molar-refractivity contribution >= 4 is 16.3 Å². The second kappa shape index (κ2) is 15.4. The van der Waals surface area contributed by atoms with Crippen LogP contribution in [0.25, 0.3) is 84.4 Å². The summed E-state index contributed by atoms with van der Waals surface area (Å²) in [5.74, 6) is 3.82. The lowest BCUT2D eigenvalue weighted by molar-refractivity contribution is 0.766. The molecule has 0 amide bonds. The molecule has 0 saturated heterocycles. The van der Waals surface area contributed by atoms with Crippen LogP contribution < -0.4 is 0 Å². The Bertz CT molecular complexity index is 2950. The maximum atomic E-state index is 5.20. The van der Waals surface area contributed by atoms with Gasteiger partial charge in [0.1, 0.15) is 5.82 Å². The van der Waals surface area contributed by atoms with Crippen LogP contribution in [0.5, 0.6) is 0 Å². The van der Waals surface area contributed by atoms with E-state index in [0.29, 0.717) is 29.1 Å². The highest BCUT2D eigenvalue weighted by Gasteiger charge is 2.21. The van der Waals surface area contributed by atoms with Crippen LogP contribution in [0.15, 0.2) is 200 Å². The summed E-state index contributed by atoms with van der Waals surface area (Å²) in [4.78, 5) is 30.6. The average molecular weight is 745 g/mol. The molecule has 0 radical (unpaired) electrons. The Balaban J connectivity index is 1.08. The largest absolute Gasteiger partial charge is 0.212 e. The van der Waals surface area contributed by atoms with Crippen LogP contribution in [0.2, 0.25) is 0 Å². The van der Waals surface area contributed by atoms with E-state index in [2.05, 4.69) is 127 Å². The van der Waals surface area contributed by atoms with Crippen LogP contribution in [0.1, 0.15) is 23.7 Å². The van der Waals surface area contributed by atoms with Gasteiger partial charge in [-0.25, -0.2) is 29.9 Å². The highest BCUT2D eigenvalue weighted by Crippen LogP contribution is 2.36. The quantitative estimate of drug-likeness (QED) is 0.154. The van der Waals surface area contributed by atoms with Crippen molar-refractivity contribution in [1.29, 1.82) is 0 Å². The zero-order valence-electron chi connectivity index (χ0n) is 31.5. The lowest BCUT2D eigenvalue weighted by Gasteiger charge is -2.17. The number of nitrogens with zero attached hydrogens (tertiary/aromatic N) is 6. The van der Waals surface area contributed by atoms with E-state index in [4.69, 9.17) is 29.9 Å². The number of hydrogen-bond donors (Lipinski definition) is 0. The molecule has 2 heterocycles. The molecule has 1 atom stereocenters. The Labute approximate surface area is 337 Å². The fourth-order valence-corrected chi connectivity index (χ4v) is 7.54. The molecule has 10 rings (SSSR count). The van der Waals surface area contributed by atoms with E-state index in [9.17, 15) is 0 Å². The van der Waals surface area contributed by atoms with Gasteiger partial charge in [0.15, 0.2) is 29.1 Å². The van der Waals surface area contributed by atoms with E-state index in [0.717, 1.165) is 62.0 Å². The van der Waals surface area contributed by atoms with Crippen LogP contribution >= 0.6 is 0 Å². The fraction of sp³-hybridized carbons (Fsp3) is 0.0385. The molecule has 6 nitrogen and oxygen atoms in total. The molecule has 0 aliphatic heterocycles. The number of fused-ring (bicyclic) bond motifs is 1. The third kappa shape index (κ3) is 6.99. The Kier molecular flexibility index (Phi) is 9.26. The second-order valence-corrected chi connectivity index (χ2v) is 14.3. The van der Waals surface area contributed by atoms with Crippen LogP contribution in [0, 0.1) is 0 Å². The van der Waals surface area contributed by atoms with E-state index in [1.54, 1.807) is 0 Å². The molecular weight excluding hydrogens is 709 g/mol. The summed E-state index contributed by atoms with van der Waals surface area (Å²) in [5.41, 5.74) is 9.28. The first-order valence-electron chi connectivity index (χ1n) is 19.5. The van der Waals surface area contributed by atoms with Crippen molar-refractivity contribution in [2.45, 2.75) is 12.3 Å². The van der Waals surface area contributed by atoms with Gasteiger partial charge in [0.25, 0.3) is 0 Å². The van der Waals surface area contributed by atoms with E-state index >= 15 is 0 Å². The highest BCUT2D eigenvalue weighted by atomic mass is 15.0. The van der Waals surface area contributed by atoms with Crippen LogP contribution in [-0.2, 0) is 0 Å². The predicted molar refractivity (Wildman–Crippen MR) is 234 cm³/mol. The first-order valence-corrected chi connectivity index (χ1v) is 19.5. The molecule has 1 unspecified atom stereocenters. The molecule has 0 saturated carbocycles. The summed E-state index contributed by atoms with van der Waals surface area (Å²) < 4.78 is 0. The molecular formula is C52H36N6. The number of aromatic nitrogens is 6. The van der Waals surface area contributed by atoms with Crippen molar-refractivity contribution in [1.82, 2.24) is 29.9 Å². The Morgan fingerprint density at radius 3 is 1.24 bits per heavy atom. The molecule has 7 aromatic carbocycles. The highest BCUT2D eigenvalue weighted by molar-refractivity contribution is 6.03. The Hall–Kier alpha value is -7.70. The van der Waals surface area contributed by atoms with E-state index < -0.39 is 0 Å². The fourth-order valence-electron chi connectivity index (χ4n) is 7.54. The van der Waals surface area contributed by atoms with Gasteiger partial charge in [0, 0.05) is 33.7 Å². The molecule has 0 N–H and O–H groups in total. The minimum absolute atomic E-state index is 0.00372. The molecule has 0 bridgehead atoms. The molecule has 1 aliphatic carbocycles. The molecule has 0 fully saturated rings. The molecule has 9 aromatic rings. The predicted octanol–water partition coefficient (Wildman–Crippen LogP) is 12.3. The summed E-state index contributed by atoms with van der Waals surface area (Å²) in [5, 5.41) is 1.99. The monoisotopic (exact) mass is 744 g/mol. The smallest absolute Gasteiger partial charge is 0.164 e. The standard InChI is InChI=1S/C52H36N6/c1-5-15-35(16-6-1)37-27-31-41(32-28-37)49-53-47(39-19-9-3-10-20-39)55-51(57-49)45-25-13-24-44-43(45)23-14-26-46(44)52-56-48(40-21-11-4-12-22-40)54-50(58-52)42-33-29-38(30-34-42)36-17-7-2-8-18-36/h1-33,42H,34H2. The molecule has 274 valence electrons. The third-order valence-electron chi connectivity index (χ3n) is 10.5. The van der Waals surface area contributed by atoms with Gasteiger partial charge >= 0.3 is 0 Å². The SMILES string of the molecule is C1=CC(c2nc(-c3ccccc3)nc(-c3cccc4c(-c5nc(-c6ccccc6)nc(-c6ccc(-c7ccccc7)cc6)n5)cccc34)n2)CC=C1c1ccccc1. The van der Waals surface area contributed by atoms with Gasteiger partial charge in [-0.15, -0.1) is 0 Å². The Morgan fingerprint density at radius 2 is 0.724 bits per heavy atom. The molecule has 58 heavy (non-hydrogen) atoms. The zero-order chi connectivity index (χ0) is 38.7. The van der Waals surface area contributed by atoms with Gasteiger partial charge in [0.2, 0.25) is 0 Å². The van der Waals surface area contributed by atoms with Crippen molar-refractivity contribution in [3.63, 3.8) is 0 Å². The van der Waals surface area contributed by atoms with E-state index in [-0.39, 0.29) is 5.92 Å². The topological polar surface area (TPSA) is 77.3 Å². The van der Waals surface area contributed by atoms with Gasteiger partial charge in [-0.1, -0.05) is 200 Å². The first kappa shape index (κ1) is 34.8. The summed E-state index contributed by atoms with van der Waals surface area (Å²) >= 11 is 0. The van der Waals surface area contributed by atoms with Gasteiger partial charge in [-0.05, 0) is 39.5 Å². The van der Waals surface area contributed by atoms with Gasteiger partial charge in [-0.3, -0.25) is 0 Å². The van der Waals surface area contributed by atoms with Crippen molar-refractivity contribution in [3.05, 3.63) is 212 Å². The van der Waals surface area contributed by atoms with Crippen LogP contribution in [-0.4, -0.2) is 29.9 Å². The average Bonchev–Trinajstić information content (AvgIpc) is 3.32. The maximum Gasteiger partial charge on any atom is 0.164 e. The Morgan fingerprint density at radius 1 is 0.328 bits per heavy atom. The summed E-state index contributed by atoms with van der Waals surface area (Å²) in [6, 6.07) is 62.0. The number of allylic oxidation sites excluding steroid dienone is 4. The number of hydrogen-bond acceptors (Lipinski definition) is 6. The van der Waals surface area contributed by atoms with E-state index in [1.807, 2.05) is 72.8 Å². The molecule has 6 heteroatoms. The normalized spacial score (nSPS) is 13.7. The number of rotatable bonds is 8. The van der Waals surface area contributed by atoms with Gasteiger partial charge < -0.3 is 0 Å². The second-order valence-electron chi connectivity index (χ2n) is 14.3. The molecule has 0 spiro atoms. The summed E-state index contributed by atoms with van der Waals surface area (Å²) in [6.07, 6.45) is 7.47. The van der Waals surface area contributed by atoms with Crippen LogP contribution in [0.4, 0.5) is 0 Å². The maximum absolute atomic E-state index is 5.20. The van der Waals surface area contributed by atoms with Crippen molar-refractivity contribution in [2.75, 3.05) is 0 Å².